The summed E-state index contributed by atoms with van der Waals surface area (Å²) in [6.07, 6.45) is 2.98. The van der Waals surface area contributed by atoms with Crippen molar-refractivity contribution in [2.75, 3.05) is 12.8 Å². The molecule has 1 amide bonds. The molecule has 2 unspecified atom stereocenters. The van der Waals surface area contributed by atoms with Gasteiger partial charge in [0.1, 0.15) is 4.75 Å². The molecule has 0 aromatic heterocycles. The van der Waals surface area contributed by atoms with Gasteiger partial charge in [-0.2, -0.15) is 0 Å². The van der Waals surface area contributed by atoms with Crippen LogP contribution in [0.4, 0.5) is 0 Å². The van der Waals surface area contributed by atoms with Crippen molar-refractivity contribution in [3.8, 4) is 0 Å². The van der Waals surface area contributed by atoms with Crippen molar-refractivity contribution in [1.82, 2.24) is 10.6 Å². The van der Waals surface area contributed by atoms with Crippen LogP contribution in [0.25, 0.3) is 0 Å². The van der Waals surface area contributed by atoms with Gasteiger partial charge in [-0.05, 0) is 40.2 Å². The highest BCUT2D eigenvalue weighted by atomic mass is 32.2. The third-order valence-electron chi connectivity index (χ3n) is 3.55. The van der Waals surface area contributed by atoms with E-state index in [4.69, 9.17) is 0 Å². The second-order valence-electron chi connectivity index (χ2n) is 5.25. The fourth-order valence-corrected chi connectivity index (χ4v) is 2.15. The molecule has 1 aliphatic heterocycles. The van der Waals surface area contributed by atoms with E-state index in [2.05, 4.69) is 10.6 Å². The van der Waals surface area contributed by atoms with Gasteiger partial charge >= 0.3 is 0 Å². The molecule has 0 aromatic rings. The van der Waals surface area contributed by atoms with Gasteiger partial charge in [0.15, 0.2) is 9.84 Å². The Morgan fingerprint density at radius 3 is 2.47 bits per heavy atom. The average molecular weight is 262 g/mol. The molecule has 0 aromatic carbocycles. The van der Waals surface area contributed by atoms with Crippen LogP contribution in [0.15, 0.2) is 0 Å². The van der Waals surface area contributed by atoms with Crippen molar-refractivity contribution in [3.63, 3.8) is 0 Å². The van der Waals surface area contributed by atoms with Gasteiger partial charge in [0, 0.05) is 18.3 Å². The number of carbonyl (C=O) groups is 1. The van der Waals surface area contributed by atoms with Gasteiger partial charge in [-0.25, -0.2) is 8.42 Å². The average Bonchev–Trinajstić information content (AvgIpc) is 2.19. The SMILES string of the molecule is CC1NCCCC1NC(=O)C(C)(C)S(C)(=O)=O. The summed E-state index contributed by atoms with van der Waals surface area (Å²) in [7, 11) is -3.40. The summed E-state index contributed by atoms with van der Waals surface area (Å²) >= 11 is 0. The molecule has 1 saturated heterocycles. The summed E-state index contributed by atoms with van der Waals surface area (Å²) in [6.45, 7) is 5.83. The minimum Gasteiger partial charge on any atom is -0.350 e. The van der Waals surface area contributed by atoms with E-state index >= 15 is 0 Å². The van der Waals surface area contributed by atoms with Gasteiger partial charge in [0.2, 0.25) is 5.91 Å². The molecule has 17 heavy (non-hydrogen) atoms. The Hall–Kier alpha value is -0.620. The molecule has 0 saturated carbocycles. The maximum absolute atomic E-state index is 12.0. The molecule has 2 atom stereocenters. The molecule has 2 N–H and O–H groups in total. The third kappa shape index (κ3) is 3.19. The van der Waals surface area contributed by atoms with Crippen LogP contribution in [0.3, 0.4) is 0 Å². The fourth-order valence-electron chi connectivity index (χ4n) is 1.75. The van der Waals surface area contributed by atoms with E-state index in [1.54, 1.807) is 0 Å². The van der Waals surface area contributed by atoms with Crippen LogP contribution in [0, 0.1) is 0 Å². The van der Waals surface area contributed by atoms with E-state index < -0.39 is 20.5 Å². The Labute approximate surface area is 103 Å². The fraction of sp³-hybridized carbons (Fsp3) is 0.909. The molecule has 100 valence electrons. The zero-order valence-electron chi connectivity index (χ0n) is 10.9. The summed E-state index contributed by atoms with van der Waals surface area (Å²) in [6, 6.07) is 0.195. The van der Waals surface area contributed by atoms with E-state index in [1.165, 1.54) is 13.8 Å². The Balaban J connectivity index is 2.72. The lowest BCUT2D eigenvalue weighted by Crippen LogP contribution is -2.57. The van der Waals surface area contributed by atoms with Gasteiger partial charge < -0.3 is 10.6 Å². The topological polar surface area (TPSA) is 75.3 Å². The summed E-state index contributed by atoms with van der Waals surface area (Å²) in [5.41, 5.74) is 0. The predicted molar refractivity (Wildman–Crippen MR) is 67.6 cm³/mol. The van der Waals surface area contributed by atoms with Crippen LogP contribution in [-0.2, 0) is 14.6 Å². The number of sulfone groups is 1. The summed E-state index contributed by atoms with van der Waals surface area (Å²) in [5.74, 6) is -0.416. The highest BCUT2D eigenvalue weighted by molar-refractivity contribution is 7.92. The van der Waals surface area contributed by atoms with Crippen LogP contribution in [-0.4, -0.2) is 44.0 Å². The first kappa shape index (κ1) is 14.4. The molecule has 1 aliphatic rings. The first-order valence-corrected chi connectivity index (χ1v) is 7.79. The lowest BCUT2D eigenvalue weighted by atomic mass is 9.99. The Bertz CT molecular complexity index is 390. The van der Waals surface area contributed by atoms with Crippen molar-refractivity contribution in [2.24, 2.45) is 0 Å². The van der Waals surface area contributed by atoms with E-state index in [1.807, 2.05) is 6.92 Å². The Morgan fingerprint density at radius 2 is 2.00 bits per heavy atom. The van der Waals surface area contributed by atoms with Crippen LogP contribution in [0.2, 0.25) is 0 Å². The van der Waals surface area contributed by atoms with E-state index in [-0.39, 0.29) is 12.1 Å². The zero-order valence-corrected chi connectivity index (χ0v) is 11.7. The molecule has 0 radical (unpaired) electrons. The van der Waals surface area contributed by atoms with Gasteiger partial charge in [-0.15, -0.1) is 0 Å². The number of nitrogens with one attached hydrogen (secondary N) is 2. The highest BCUT2D eigenvalue weighted by Gasteiger charge is 2.39. The van der Waals surface area contributed by atoms with E-state index in [0.717, 1.165) is 25.6 Å². The van der Waals surface area contributed by atoms with E-state index in [0.29, 0.717) is 0 Å². The van der Waals surface area contributed by atoms with Crippen molar-refractivity contribution in [3.05, 3.63) is 0 Å². The number of piperidine rings is 1. The Morgan fingerprint density at radius 1 is 1.41 bits per heavy atom. The van der Waals surface area contributed by atoms with Crippen molar-refractivity contribution < 1.29 is 13.2 Å². The molecule has 0 bridgehead atoms. The number of hydrogen-bond donors (Lipinski definition) is 2. The first-order chi connectivity index (χ1) is 7.66. The molecule has 0 spiro atoms. The first-order valence-electron chi connectivity index (χ1n) is 5.90. The highest BCUT2D eigenvalue weighted by Crippen LogP contribution is 2.17. The largest absolute Gasteiger partial charge is 0.350 e. The number of rotatable bonds is 3. The lowest BCUT2D eigenvalue weighted by molar-refractivity contribution is -0.123. The van der Waals surface area contributed by atoms with Gasteiger partial charge in [-0.1, -0.05) is 0 Å². The third-order valence-corrected chi connectivity index (χ3v) is 5.59. The lowest BCUT2D eigenvalue weighted by Gasteiger charge is -2.33. The minimum absolute atomic E-state index is 0.0114. The van der Waals surface area contributed by atoms with Crippen molar-refractivity contribution in [2.45, 2.75) is 50.4 Å². The standard InChI is InChI=1S/C11H22N2O3S/c1-8-9(6-5-7-12-8)13-10(14)11(2,3)17(4,15)16/h8-9,12H,5-7H2,1-4H3,(H,13,14). The minimum atomic E-state index is -3.40. The molecule has 1 heterocycles. The summed E-state index contributed by atoms with van der Waals surface area (Å²) < 4.78 is 21.7. The molecule has 1 rings (SSSR count). The summed E-state index contributed by atoms with van der Waals surface area (Å²) in [5, 5.41) is 6.10. The van der Waals surface area contributed by atoms with Gasteiger partial charge in [0.25, 0.3) is 0 Å². The summed E-state index contributed by atoms with van der Waals surface area (Å²) in [4.78, 5) is 12.0. The normalized spacial score (nSPS) is 26.6. The zero-order chi connectivity index (χ0) is 13.3. The number of carbonyl (C=O) groups excluding carboxylic acids is 1. The van der Waals surface area contributed by atoms with Gasteiger partial charge in [-0.3, -0.25) is 4.79 Å². The maximum atomic E-state index is 12.0. The van der Waals surface area contributed by atoms with Crippen LogP contribution in [0.1, 0.15) is 33.6 Å². The van der Waals surface area contributed by atoms with Crippen molar-refractivity contribution in [1.29, 1.82) is 0 Å². The molecule has 1 fully saturated rings. The maximum Gasteiger partial charge on any atom is 0.241 e. The molecular formula is C11H22N2O3S. The second kappa shape index (κ2) is 4.94. The molecule has 6 heteroatoms. The van der Waals surface area contributed by atoms with E-state index in [9.17, 15) is 13.2 Å². The van der Waals surface area contributed by atoms with Crippen molar-refractivity contribution >= 4 is 15.7 Å². The quantitative estimate of drug-likeness (QED) is 0.754. The van der Waals surface area contributed by atoms with Gasteiger partial charge in [0.05, 0.1) is 0 Å². The monoisotopic (exact) mass is 262 g/mol. The number of amides is 1. The molecule has 5 nitrogen and oxygen atoms in total. The van der Waals surface area contributed by atoms with Crippen LogP contribution >= 0.6 is 0 Å². The van der Waals surface area contributed by atoms with Crippen LogP contribution in [0.5, 0.6) is 0 Å². The number of hydrogen-bond acceptors (Lipinski definition) is 4. The molecular weight excluding hydrogens is 240 g/mol. The second-order valence-corrected chi connectivity index (χ2v) is 7.81. The van der Waals surface area contributed by atoms with Crippen LogP contribution < -0.4 is 10.6 Å². The smallest absolute Gasteiger partial charge is 0.241 e. The Kier molecular flexibility index (Phi) is 4.19. The predicted octanol–water partition coefficient (Wildman–Crippen LogP) is 0.0663. The molecule has 0 aliphatic carbocycles.